The molecule has 0 aliphatic carbocycles. The maximum atomic E-state index is 9.71. The molecule has 3 heterocycles. The van der Waals surface area contributed by atoms with Gasteiger partial charge in [0, 0.05) is 43.1 Å². The van der Waals surface area contributed by atoms with Gasteiger partial charge in [0.25, 0.3) is 0 Å². The Kier molecular flexibility index (Phi) is 7.32. The molecule has 1 aromatic heterocycles. The topological polar surface area (TPSA) is 105 Å². The van der Waals surface area contributed by atoms with E-state index in [0.717, 1.165) is 69.1 Å². The van der Waals surface area contributed by atoms with Crippen LogP contribution >= 0.6 is 0 Å². The minimum absolute atomic E-state index is 0.0538. The first kappa shape index (κ1) is 23.0. The van der Waals surface area contributed by atoms with Crippen molar-refractivity contribution in [3.63, 3.8) is 0 Å². The summed E-state index contributed by atoms with van der Waals surface area (Å²) in [6, 6.07) is 15.9. The van der Waals surface area contributed by atoms with E-state index in [1.165, 1.54) is 6.33 Å². The molecular weight excluding hydrogens is 444 g/mol. The third-order valence-corrected chi connectivity index (χ3v) is 6.12. The van der Waals surface area contributed by atoms with Gasteiger partial charge in [0.2, 0.25) is 5.95 Å². The fourth-order valence-corrected chi connectivity index (χ4v) is 4.23. The lowest BCUT2D eigenvalue weighted by Gasteiger charge is -2.28. The van der Waals surface area contributed by atoms with E-state index in [4.69, 9.17) is 14.2 Å². The number of ether oxygens (including phenoxy) is 3. The lowest BCUT2D eigenvalue weighted by atomic mass is 10.1. The van der Waals surface area contributed by atoms with E-state index in [0.29, 0.717) is 29.7 Å². The maximum Gasteiger partial charge on any atom is 0.230 e. The Bertz CT molecular complexity index is 1170. The quantitative estimate of drug-likeness (QED) is 0.571. The number of anilines is 3. The van der Waals surface area contributed by atoms with Crippen molar-refractivity contribution in [1.82, 2.24) is 15.0 Å². The summed E-state index contributed by atoms with van der Waals surface area (Å²) in [6.07, 6.45) is 4.22. The zero-order valence-electron chi connectivity index (χ0n) is 19.5. The van der Waals surface area contributed by atoms with E-state index in [9.17, 15) is 5.26 Å². The Morgan fingerprint density at radius 1 is 0.971 bits per heavy atom. The lowest BCUT2D eigenvalue weighted by molar-refractivity contribution is 0.122. The van der Waals surface area contributed by atoms with Crippen molar-refractivity contribution in [3.05, 3.63) is 54.4 Å². The number of nitrogens with zero attached hydrogens (tertiary/aromatic N) is 5. The Morgan fingerprint density at radius 2 is 1.80 bits per heavy atom. The molecule has 0 amide bonds. The van der Waals surface area contributed by atoms with Gasteiger partial charge >= 0.3 is 0 Å². The predicted octanol–water partition coefficient (Wildman–Crippen LogP) is 3.94. The minimum Gasteiger partial charge on any atom is -0.489 e. The standard InChI is InChI=1S/C26H28N6O3/c27-17-20-16-19(3-8-24(20)35-23-2-1-12-33-13-9-23)25-28-18-29-26(31-25)30-21-4-6-22(7-5-21)32-10-14-34-15-11-32/h3-8,16,18,23H,1-2,9-15H2,(H,28,29,30,31). The molecule has 0 bridgehead atoms. The molecule has 2 aromatic carbocycles. The summed E-state index contributed by atoms with van der Waals surface area (Å²) in [5, 5.41) is 12.9. The molecule has 0 radical (unpaired) electrons. The van der Waals surface area contributed by atoms with Gasteiger partial charge in [-0.25, -0.2) is 9.97 Å². The van der Waals surface area contributed by atoms with E-state index in [2.05, 4.69) is 43.4 Å². The number of hydrogen-bond acceptors (Lipinski definition) is 9. The number of hydrogen-bond donors (Lipinski definition) is 1. The van der Waals surface area contributed by atoms with E-state index in [-0.39, 0.29) is 6.10 Å². The van der Waals surface area contributed by atoms with E-state index < -0.39 is 0 Å². The molecule has 9 heteroatoms. The van der Waals surface area contributed by atoms with Crippen molar-refractivity contribution in [2.24, 2.45) is 0 Å². The summed E-state index contributed by atoms with van der Waals surface area (Å²) < 4.78 is 17.1. The van der Waals surface area contributed by atoms with Gasteiger partial charge in [-0.05, 0) is 55.3 Å². The van der Waals surface area contributed by atoms with Crippen LogP contribution in [0.3, 0.4) is 0 Å². The summed E-state index contributed by atoms with van der Waals surface area (Å²) in [4.78, 5) is 15.4. The van der Waals surface area contributed by atoms with Gasteiger partial charge in [-0.1, -0.05) is 0 Å². The van der Waals surface area contributed by atoms with Crippen molar-refractivity contribution in [3.8, 4) is 23.2 Å². The van der Waals surface area contributed by atoms with Gasteiger partial charge in [-0.3, -0.25) is 0 Å². The van der Waals surface area contributed by atoms with Crippen LogP contribution < -0.4 is 15.0 Å². The van der Waals surface area contributed by atoms with Gasteiger partial charge in [-0.15, -0.1) is 0 Å². The van der Waals surface area contributed by atoms with Crippen LogP contribution in [0.15, 0.2) is 48.8 Å². The first-order chi connectivity index (χ1) is 17.3. The highest BCUT2D eigenvalue weighted by atomic mass is 16.5. The zero-order chi connectivity index (χ0) is 23.9. The first-order valence-corrected chi connectivity index (χ1v) is 12.0. The average molecular weight is 473 g/mol. The maximum absolute atomic E-state index is 9.71. The second kappa shape index (κ2) is 11.1. The van der Waals surface area contributed by atoms with Crippen molar-refractivity contribution in [1.29, 1.82) is 5.26 Å². The average Bonchev–Trinajstić information content (AvgIpc) is 3.19. The third-order valence-electron chi connectivity index (χ3n) is 6.12. The zero-order valence-corrected chi connectivity index (χ0v) is 19.5. The lowest BCUT2D eigenvalue weighted by Crippen LogP contribution is -2.36. The molecule has 1 atom stereocenters. The molecule has 2 aliphatic heterocycles. The smallest absolute Gasteiger partial charge is 0.230 e. The Morgan fingerprint density at radius 3 is 2.63 bits per heavy atom. The fraction of sp³-hybridized carbons (Fsp3) is 0.385. The number of nitrogens with one attached hydrogen (secondary N) is 1. The SMILES string of the molecule is N#Cc1cc(-c2ncnc(Nc3ccc(N4CCOCC4)cc3)n2)ccc1OC1CCCOCC1. The number of morpholine rings is 1. The molecule has 2 fully saturated rings. The van der Waals surface area contributed by atoms with E-state index in [1.54, 1.807) is 6.07 Å². The van der Waals surface area contributed by atoms with Crippen LogP contribution in [-0.4, -0.2) is 60.6 Å². The molecule has 180 valence electrons. The van der Waals surface area contributed by atoms with E-state index in [1.807, 2.05) is 24.3 Å². The van der Waals surface area contributed by atoms with Gasteiger partial charge in [0.1, 0.15) is 24.3 Å². The van der Waals surface area contributed by atoms with Gasteiger partial charge < -0.3 is 24.4 Å². The fourth-order valence-electron chi connectivity index (χ4n) is 4.23. The molecule has 1 N–H and O–H groups in total. The second-order valence-electron chi connectivity index (χ2n) is 8.51. The summed E-state index contributed by atoms with van der Waals surface area (Å²) in [6.45, 7) is 4.74. The predicted molar refractivity (Wildman–Crippen MR) is 132 cm³/mol. The van der Waals surface area contributed by atoms with Crippen LogP contribution in [0.2, 0.25) is 0 Å². The van der Waals surface area contributed by atoms with Crippen LogP contribution in [0.1, 0.15) is 24.8 Å². The normalized spacial score (nSPS) is 18.4. The Balaban J connectivity index is 1.28. The van der Waals surface area contributed by atoms with Crippen molar-refractivity contribution in [2.75, 3.05) is 49.7 Å². The largest absolute Gasteiger partial charge is 0.489 e. The summed E-state index contributed by atoms with van der Waals surface area (Å²) in [5.74, 6) is 1.50. The summed E-state index contributed by atoms with van der Waals surface area (Å²) >= 11 is 0. The van der Waals surface area contributed by atoms with Crippen LogP contribution in [-0.2, 0) is 9.47 Å². The van der Waals surface area contributed by atoms with Crippen LogP contribution in [0.4, 0.5) is 17.3 Å². The van der Waals surface area contributed by atoms with E-state index >= 15 is 0 Å². The van der Waals surface area contributed by atoms with Crippen molar-refractivity contribution >= 4 is 17.3 Å². The van der Waals surface area contributed by atoms with Crippen molar-refractivity contribution < 1.29 is 14.2 Å². The summed E-state index contributed by atoms with van der Waals surface area (Å²) in [5.41, 5.74) is 3.23. The van der Waals surface area contributed by atoms with Crippen LogP contribution in [0, 0.1) is 11.3 Å². The second-order valence-corrected chi connectivity index (χ2v) is 8.51. The molecule has 1 unspecified atom stereocenters. The van der Waals surface area contributed by atoms with Gasteiger partial charge in [0.15, 0.2) is 5.82 Å². The molecular formula is C26H28N6O3. The van der Waals surface area contributed by atoms with Crippen molar-refractivity contribution in [2.45, 2.75) is 25.4 Å². The number of aromatic nitrogens is 3. The molecule has 35 heavy (non-hydrogen) atoms. The van der Waals surface area contributed by atoms with Gasteiger partial charge in [0.05, 0.1) is 25.4 Å². The number of rotatable bonds is 6. The highest BCUT2D eigenvalue weighted by molar-refractivity contribution is 5.64. The molecule has 9 nitrogen and oxygen atoms in total. The monoisotopic (exact) mass is 472 g/mol. The van der Waals surface area contributed by atoms with Crippen LogP contribution in [0.25, 0.3) is 11.4 Å². The molecule has 3 aromatic rings. The molecule has 2 saturated heterocycles. The minimum atomic E-state index is 0.0538. The molecule has 5 rings (SSSR count). The van der Waals surface area contributed by atoms with Gasteiger partial charge in [-0.2, -0.15) is 10.2 Å². The third kappa shape index (κ3) is 5.85. The highest BCUT2D eigenvalue weighted by Crippen LogP contribution is 2.28. The molecule has 0 spiro atoms. The highest BCUT2D eigenvalue weighted by Gasteiger charge is 2.17. The first-order valence-electron chi connectivity index (χ1n) is 12.0. The Labute approximate surface area is 204 Å². The number of benzene rings is 2. The molecule has 2 aliphatic rings. The Hall–Kier alpha value is -3.74. The van der Waals surface area contributed by atoms with Crippen LogP contribution in [0.5, 0.6) is 5.75 Å². The number of nitriles is 1. The molecule has 0 saturated carbocycles. The summed E-state index contributed by atoms with van der Waals surface area (Å²) in [7, 11) is 0.